The number of halogens is 2. The fourth-order valence-electron chi connectivity index (χ4n) is 3.18. The van der Waals surface area contributed by atoms with Crippen LogP contribution in [0.1, 0.15) is 16.2 Å². The summed E-state index contributed by atoms with van der Waals surface area (Å²) in [6, 6.07) is 13.4. The molecule has 0 radical (unpaired) electrons. The predicted octanol–water partition coefficient (Wildman–Crippen LogP) is 3.49. The van der Waals surface area contributed by atoms with Gasteiger partial charge in [0.1, 0.15) is 5.82 Å². The second kappa shape index (κ2) is 8.08. The molecule has 1 fully saturated rings. The fourth-order valence-corrected chi connectivity index (χ4v) is 3.40. The Hall–Kier alpha value is -2.77. The number of nitrogens with zero attached hydrogens (tertiary/aromatic N) is 4. The van der Waals surface area contributed by atoms with Crippen molar-refractivity contribution in [2.75, 3.05) is 26.2 Å². The molecule has 1 amide bonds. The molecule has 4 rings (SSSR count). The third-order valence-corrected chi connectivity index (χ3v) is 5.04. The van der Waals surface area contributed by atoms with Gasteiger partial charge in [-0.05, 0) is 24.3 Å². The lowest BCUT2D eigenvalue weighted by molar-refractivity contribution is 0.0610. The van der Waals surface area contributed by atoms with Gasteiger partial charge in [-0.15, -0.1) is 0 Å². The van der Waals surface area contributed by atoms with E-state index < -0.39 is 5.82 Å². The molecule has 0 saturated carbocycles. The Bertz CT molecular complexity index is 986. The normalized spacial score (nSPS) is 15.0. The third kappa shape index (κ3) is 3.90. The molecule has 1 aromatic heterocycles. The van der Waals surface area contributed by atoms with Gasteiger partial charge in [0.25, 0.3) is 5.91 Å². The van der Waals surface area contributed by atoms with Gasteiger partial charge in [0.05, 0.1) is 17.1 Å². The molecule has 1 saturated heterocycles. The number of hydrogen-bond donors (Lipinski definition) is 0. The van der Waals surface area contributed by atoms with Crippen molar-refractivity contribution >= 4 is 17.5 Å². The molecule has 1 aliphatic rings. The second-order valence-corrected chi connectivity index (χ2v) is 6.95. The van der Waals surface area contributed by atoms with Crippen LogP contribution in [0.2, 0.25) is 5.02 Å². The first-order chi connectivity index (χ1) is 13.6. The minimum Gasteiger partial charge on any atom is -0.338 e. The van der Waals surface area contributed by atoms with Crippen LogP contribution in [0.15, 0.2) is 53.1 Å². The Morgan fingerprint density at radius 2 is 1.79 bits per heavy atom. The minimum absolute atomic E-state index is 0.109. The number of aromatic nitrogens is 2. The van der Waals surface area contributed by atoms with Crippen LogP contribution < -0.4 is 0 Å². The van der Waals surface area contributed by atoms with Crippen LogP contribution in [-0.2, 0) is 6.54 Å². The van der Waals surface area contributed by atoms with Crippen molar-refractivity contribution in [2.45, 2.75) is 6.54 Å². The molecule has 0 unspecified atom stereocenters. The summed E-state index contributed by atoms with van der Waals surface area (Å²) < 4.78 is 19.2. The average Bonchev–Trinajstić information content (AvgIpc) is 3.17. The molecule has 0 N–H and O–H groups in total. The maximum absolute atomic E-state index is 13.8. The van der Waals surface area contributed by atoms with Crippen LogP contribution in [0.25, 0.3) is 11.4 Å². The molecular weight excluding hydrogens is 383 g/mol. The zero-order valence-electron chi connectivity index (χ0n) is 15.0. The van der Waals surface area contributed by atoms with E-state index in [-0.39, 0.29) is 11.5 Å². The van der Waals surface area contributed by atoms with E-state index in [1.807, 2.05) is 18.2 Å². The zero-order chi connectivity index (χ0) is 19.5. The largest absolute Gasteiger partial charge is 0.338 e. The number of rotatable bonds is 4. The topological polar surface area (TPSA) is 62.5 Å². The first-order valence-electron chi connectivity index (χ1n) is 8.95. The Kier molecular flexibility index (Phi) is 5.36. The minimum atomic E-state index is -0.493. The average molecular weight is 401 g/mol. The summed E-state index contributed by atoms with van der Waals surface area (Å²) in [6.07, 6.45) is 0. The van der Waals surface area contributed by atoms with E-state index >= 15 is 0 Å². The SMILES string of the molecule is O=C(c1ccccc1F)N1CCN(Cc2nc(-c3ccccc3Cl)no2)CC1. The van der Waals surface area contributed by atoms with E-state index in [0.717, 1.165) is 5.56 Å². The van der Waals surface area contributed by atoms with Gasteiger partial charge < -0.3 is 9.42 Å². The Morgan fingerprint density at radius 3 is 2.54 bits per heavy atom. The second-order valence-electron chi connectivity index (χ2n) is 6.54. The van der Waals surface area contributed by atoms with Crippen LogP contribution in [-0.4, -0.2) is 52.0 Å². The molecular formula is C20H18ClFN4O2. The monoisotopic (exact) mass is 400 g/mol. The molecule has 0 aliphatic carbocycles. The van der Waals surface area contributed by atoms with Crippen molar-refractivity contribution in [1.82, 2.24) is 19.9 Å². The fraction of sp³-hybridized carbons (Fsp3) is 0.250. The number of benzene rings is 2. The number of hydrogen-bond acceptors (Lipinski definition) is 5. The highest BCUT2D eigenvalue weighted by molar-refractivity contribution is 6.33. The number of amides is 1. The lowest BCUT2D eigenvalue weighted by Gasteiger charge is -2.34. The third-order valence-electron chi connectivity index (χ3n) is 4.71. The van der Waals surface area contributed by atoms with Gasteiger partial charge in [-0.25, -0.2) is 4.39 Å². The van der Waals surface area contributed by atoms with E-state index in [0.29, 0.717) is 49.5 Å². The van der Waals surface area contributed by atoms with Crippen molar-refractivity contribution < 1.29 is 13.7 Å². The predicted molar refractivity (Wildman–Crippen MR) is 102 cm³/mol. The van der Waals surface area contributed by atoms with E-state index in [9.17, 15) is 9.18 Å². The Labute approximate surface area is 166 Å². The molecule has 0 atom stereocenters. The smallest absolute Gasteiger partial charge is 0.256 e. The van der Waals surface area contributed by atoms with Crippen LogP contribution in [0.3, 0.4) is 0 Å². The van der Waals surface area contributed by atoms with E-state index in [1.165, 1.54) is 12.1 Å². The van der Waals surface area contributed by atoms with Gasteiger partial charge in [-0.2, -0.15) is 4.98 Å². The van der Waals surface area contributed by atoms with E-state index in [1.54, 1.807) is 23.1 Å². The number of carbonyl (C=O) groups excluding carboxylic acids is 1. The van der Waals surface area contributed by atoms with Gasteiger partial charge >= 0.3 is 0 Å². The molecule has 0 spiro atoms. The molecule has 3 aromatic rings. The number of piperazine rings is 1. The summed E-state index contributed by atoms with van der Waals surface area (Å²) in [5, 5.41) is 4.57. The maximum Gasteiger partial charge on any atom is 0.256 e. The highest BCUT2D eigenvalue weighted by Crippen LogP contribution is 2.25. The van der Waals surface area contributed by atoms with Crippen molar-refractivity contribution in [1.29, 1.82) is 0 Å². The van der Waals surface area contributed by atoms with E-state index in [2.05, 4.69) is 15.0 Å². The van der Waals surface area contributed by atoms with E-state index in [4.69, 9.17) is 16.1 Å². The summed E-state index contributed by atoms with van der Waals surface area (Å²) in [6.45, 7) is 2.80. The highest BCUT2D eigenvalue weighted by atomic mass is 35.5. The van der Waals surface area contributed by atoms with Crippen molar-refractivity contribution in [2.24, 2.45) is 0 Å². The van der Waals surface area contributed by atoms with Crippen LogP contribution >= 0.6 is 11.6 Å². The van der Waals surface area contributed by atoms with Gasteiger partial charge in [0.15, 0.2) is 0 Å². The molecule has 6 nitrogen and oxygen atoms in total. The molecule has 8 heteroatoms. The van der Waals surface area contributed by atoms with Gasteiger partial charge in [0.2, 0.25) is 11.7 Å². The first-order valence-corrected chi connectivity index (χ1v) is 9.33. The summed E-state index contributed by atoms with van der Waals surface area (Å²) in [4.78, 5) is 20.7. The summed E-state index contributed by atoms with van der Waals surface area (Å²) in [5.74, 6) is 0.169. The van der Waals surface area contributed by atoms with Gasteiger partial charge in [-0.3, -0.25) is 9.69 Å². The van der Waals surface area contributed by atoms with Gasteiger partial charge in [-0.1, -0.05) is 41.0 Å². The van der Waals surface area contributed by atoms with Gasteiger partial charge in [0, 0.05) is 31.7 Å². The molecule has 0 bridgehead atoms. The Morgan fingerprint density at radius 1 is 1.07 bits per heavy atom. The van der Waals surface area contributed by atoms with Crippen molar-refractivity contribution in [3.63, 3.8) is 0 Å². The molecule has 1 aliphatic heterocycles. The quantitative estimate of drug-likeness (QED) is 0.671. The van der Waals surface area contributed by atoms with Crippen molar-refractivity contribution in [3.05, 3.63) is 70.8 Å². The summed E-state index contributed by atoms with van der Waals surface area (Å²) in [5.41, 5.74) is 0.830. The summed E-state index contributed by atoms with van der Waals surface area (Å²) >= 11 is 6.17. The van der Waals surface area contributed by atoms with Crippen LogP contribution in [0, 0.1) is 5.82 Å². The zero-order valence-corrected chi connectivity index (χ0v) is 15.8. The van der Waals surface area contributed by atoms with Crippen LogP contribution in [0.4, 0.5) is 4.39 Å². The number of carbonyl (C=O) groups is 1. The van der Waals surface area contributed by atoms with Crippen LogP contribution in [0.5, 0.6) is 0 Å². The highest BCUT2D eigenvalue weighted by Gasteiger charge is 2.25. The molecule has 28 heavy (non-hydrogen) atoms. The lowest BCUT2D eigenvalue weighted by atomic mass is 10.1. The standard InChI is InChI=1S/C20H18ClFN4O2/c21-16-7-3-1-5-14(16)19-23-18(28-24-19)13-25-9-11-26(12-10-25)20(27)15-6-2-4-8-17(15)22/h1-8H,9-13H2. The molecule has 2 heterocycles. The molecule has 144 valence electrons. The van der Waals surface area contributed by atoms with Crippen molar-refractivity contribution in [3.8, 4) is 11.4 Å². The lowest BCUT2D eigenvalue weighted by Crippen LogP contribution is -2.48. The first kappa shape index (κ1) is 18.6. The summed E-state index contributed by atoms with van der Waals surface area (Å²) in [7, 11) is 0. The maximum atomic E-state index is 13.8. The molecule has 2 aromatic carbocycles. The Balaban J connectivity index is 1.36.